The van der Waals surface area contributed by atoms with Gasteiger partial charge < -0.3 is 19.6 Å². The van der Waals surface area contributed by atoms with E-state index in [4.69, 9.17) is 19.6 Å². The lowest BCUT2D eigenvalue weighted by Gasteiger charge is -2.14. The van der Waals surface area contributed by atoms with Gasteiger partial charge in [-0.05, 0) is 26.0 Å². The van der Waals surface area contributed by atoms with Crippen molar-refractivity contribution in [3.63, 3.8) is 0 Å². The summed E-state index contributed by atoms with van der Waals surface area (Å²) in [5, 5.41) is 0. The molecular weight excluding hydrogens is 249 g/mol. The first-order valence-corrected chi connectivity index (χ1v) is 5.97. The highest BCUT2D eigenvalue weighted by molar-refractivity contribution is 5.56. The monoisotopic (exact) mass is 265 g/mol. The molecule has 19 heavy (non-hydrogen) atoms. The van der Waals surface area contributed by atoms with Crippen LogP contribution in [0.4, 0.5) is 10.1 Å². The number of hydrogen-bond acceptors (Lipinski definition) is 4. The van der Waals surface area contributed by atoms with Crippen molar-refractivity contribution in [3.8, 4) is 11.5 Å². The van der Waals surface area contributed by atoms with Crippen LogP contribution in [0.15, 0.2) is 34.9 Å². The fourth-order valence-corrected chi connectivity index (χ4v) is 1.56. The van der Waals surface area contributed by atoms with Crippen LogP contribution in [-0.4, -0.2) is 6.10 Å². The highest BCUT2D eigenvalue weighted by atomic mass is 19.1. The maximum Gasteiger partial charge on any atom is 0.167 e. The van der Waals surface area contributed by atoms with Gasteiger partial charge in [0, 0.05) is 12.1 Å². The minimum Gasteiger partial charge on any atom is -0.488 e. The normalized spacial score (nSPS) is 10.7. The number of nitrogen functional groups attached to an aromatic ring is 1. The largest absolute Gasteiger partial charge is 0.488 e. The van der Waals surface area contributed by atoms with Crippen molar-refractivity contribution in [2.75, 3.05) is 5.73 Å². The van der Waals surface area contributed by atoms with Crippen LogP contribution in [0, 0.1) is 5.82 Å². The predicted molar refractivity (Wildman–Crippen MR) is 69.6 cm³/mol. The van der Waals surface area contributed by atoms with Crippen LogP contribution in [0.1, 0.15) is 19.6 Å². The summed E-state index contributed by atoms with van der Waals surface area (Å²) in [5.74, 6) is 0.652. The number of hydrogen-bond donors (Lipinski definition) is 1. The molecule has 0 aliphatic carbocycles. The second kappa shape index (κ2) is 5.65. The van der Waals surface area contributed by atoms with Gasteiger partial charge in [0.2, 0.25) is 0 Å². The summed E-state index contributed by atoms with van der Waals surface area (Å²) in [6, 6.07) is 6.19. The lowest BCUT2D eigenvalue weighted by Crippen LogP contribution is -2.08. The van der Waals surface area contributed by atoms with Crippen LogP contribution >= 0.6 is 0 Å². The molecule has 0 saturated heterocycles. The molecule has 0 amide bonds. The third-order valence-corrected chi connectivity index (χ3v) is 2.38. The summed E-state index contributed by atoms with van der Waals surface area (Å²) in [4.78, 5) is 0. The second-order valence-corrected chi connectivity index (χ2v) is 4.36. The summed E-state index contributed by atoms with van der Waals surface area (Å²) >= 11 is 0. The fourth-order valence-electron chi connectivity index (χ4n) is 1.56. The van der Waals surface area contributed by atoms with Crippen molar-refractivity contribution in [2.24, 2.45) is 0 Å². The van der Waals surface area contributed by atoms with Crippen LogP contribution in [0.3, 0.4) is 0 Å². The van der Waals surface area contributed by atoms with E-state index in [1.165, 1.54) is 12.1 Å². The lowest BCUT2D eigenvalue weighted by atomic mass is 10.2. The second-order valence-electron chi connectivity index (χ2n) is 4.36. The zero-order chi connectivity index (χ0) is 13.8. The van der Waals surface area contributed by atoms with Gasteiger partial charge in [-0.1, -0.05) is 0 Å². The first-order valence-electron chi connectivity index (χ1n) is 5.97. The quantitative estimate of drug-likeness (QED) is 0.842. The molecule has 0 saturated carbocycles. The summed E-state index contributed by atoms with van der Waals surface area (Å²) in [6.07, 6.45) is 1.43. The van der Waals surface area contributed by atoms with Gasteiger partial charge in [-0.25, -0.2) is 4.39 Å². The summed E-state index contributed by atoms with van der Waals surface area (Å²) < 4.78 is 29.6. The Balaban J connectivity index is 2.15. The molecule has 0 spiro atoms. The van der Waals surface area contributed by atoms with Crippen LogP contribution < -0.4 is 15.2 Å². The number of nitrogens with two attached hydrogens (primary N) is 1. The predicted octanol–water partition coefficient (Wildman–Crippen LogP) is 3.37. The van der Waals surface area contributed by atoms with Crippen molar-refractivity contribution in [1.82, 2.24) is 0 Å². The molecule has 1 aromatic heterocycles. The fraction of sp³-hybridized carbons (Fsp3) is 0.286. The minimum atomic E-state index is -0.503. The molecule has 1 heterocycles. The van der Waals surface area contributed by atoms with Crippen molar-refractivity contribution in [2.45, 2.75) is 26.6 Å². The lowest BCUT2D eigenvalue weighted by molar-refractivity contribution is 0.227. The first-order chi connectivity index (χ1) is 9.06. The number of furan rings is 1. The average Bonchev–Trinajstić information content (AvgIpc) is 2.83. The highest BCUT2D eigenvalue weighted by Crippen LogP contribution is 2.31. The SMILES string of the molecule is CC(C)Oc1cc(OCc2ccco2)c(N)cc1F. The van der Waals surface area contributed by atoms with Crippen molar-refractivity contribution in [3.05, 3.63) is 42.1 Å². The number of rotatable bonds is 5. The Bertz CT molecular complexity index is 538. The van der Waals surface area contributed by atoms with Crippen molar-refractivity contribution in [1.29, 1.82) is 0 Å². The molecule has 0 fully saturated rings. The van der Waals surface area contributed by atoms with E-state index in [0.717, 1.165) is 0 Å². The van der Waals surface area contributed by atoms with Crippen LogP contribution in [0.25, 0.3) is 0 Å². The molecule has 0 unspecified atom stereocenters. The molecule has 0 bridgehead atoms. The number of anilines is 1. The van der Waals surface area contributed by atoms with E-state index in [2.05, 4.69) is 0 Å². The molecule has 2 rings (SSSR count). The molecule has 5 heteroatoms. The summed E-state index contributed by atoms with van der Waals surface area (Å²) in [5.41, 5.74) is 5.93. The minimum absolute atomic E-state index is 0.124. The van der Waals surface area contributed by atoms with E-state index in [9.17, 15) is 4.39 Å². The van der Waals surface area contributed by atoms with Gasteiger partial charge >= 0.3 is 0 Å². The Hall–Kier alpha value is -2.17. The number of halogens is 1. The molecule has 0 aliphatic heterocycles. The van der Waals surface area contributed by atoms with Crippen molar-refractivity contribution >= 4 is 5.69 Å². The van der Waals surface area contributed by atoms with Gasteiger partial charge in [-0.2, -0.15) is 0 Å². The highest BCUT2D eigenvalue weighted by Gasteiger charge is 2.12. The Kier molecular flexibility index (Phi) is 3.94. The molecule has 2 N–H and O–H groups in total. The molecule has 0 atom stereocenters. The molecular formula is C14H16FNO3. The summed E-state index contributed by atoms with van der Waals surface area (Å²) in [6.45, 7) is 3.86. The van der Waals surface area contributed by atoms with Crippen LogP contribution in [-0.2, 0) is 6.61 Å². The number of benzene rings is 1. The maximum atomic E-state index is 13.6. The zero-order valence-electron chi connectivity index (χ0n) is 10.9. The maximum absolute atomic E-state index is 13.6. The standard InChI is InChI=1S/C14H16FNO3/c1-9(2)19-13-7-14(12(16)6-11(13)15)18-8-10-4-3-5-17-10/h3-7,9H,8,16H2,1-2H3. The average molecular weight is 265 g/mol. The van der Waals surface area contributed by atoms with E-state index in [1.807, 2.05) is 13.8 Å². The first kappa shape index (κ1) is 13.3. The van der Waals surface area contributed by atoms with E-state index in [1.54, 1.807) is 18.4 Å². The van der Waals surface area contributed by atoms with E-state index < -0.39 is 5.82 Å². The molecule has 0 aliphatic rings. The molecule has 0 radical (unpaired) electrons. The smallest absolute Gasteiger partial charge is 0.167 e. The van der Waals surface area contributed by atoms with Gasteiger partial charge in [0.25, 0.3) is 0 Å². The molecule has 4 nitrogen and oxygen atoms in total. The van der Waals surface area contributed by atoms with Crippen LogP contribution in [0.2, 0.25) is 0 Å². The van der Waals surface area contributed by atoms with E-state index in [-0.39, 0.29) is 24.1 Å². The Morgan fingerprint density at radius 2 is 2.11 bits per heavy atom. The molecule has 2 aromatic rings. The van der Waals surface area contributed by atoms with Gasteiger partial charge in [0.15, 0.2) is 11.6 Å². The zero-order valence-corrected chi connectivity index (χ0v) is 10.9. The molecule has 102 valence electrons. The van der Waals surface area contributed by atoms with E-state index in [0.29, 0.717) is 11.5 Å². The molecule has 1 aromatic carbocycles. The third kappa shape index (κ3) is 3.40. The van der Waals surface area contributed by atoms with Crippen LogP contribution in [0.5, 0.6) is 11.5 Å². The van der Waals surface area contributed by atoms with Gasteiger partial charge in [0.05, 0.1) is 18.1 Å². The van der Waals surface area contributed by atoms with Gasteiger partial charge in [-0.3, -0.25) is 0 Å². The van der Waals surface area contributed by atoms with Gasteiger partial charge in [-0.15, -0.1) is 0 Å². The topological polar surface area (TPSA) is 57.6 Å². The third-order valence-electron chi connectivity index (χ3n) is 2.38. The van der Waals surface area contributed by atoms with E-state index >= 15 is 0 Å². The Morgan fingerprint density at radius 3 is 2.74 bits per heavy atom. The van der Waals surface area contributed by atoms with Gasteiger partial charge in [0.1, 0.15) is 18.1 Å². The Morgan fingerprint density at radius 1 is 1.32 bits per heavy atom. The summed E-state index contributed by atoms with van der Waals surface area (Å²) in [7, 11) is 0. The number of ether oxygens (including phenoxy) is 2. The Labute approximate surface area is 110 Å². The van der Waals surface area contributed by atoms with Crippen molar-refractivity contribution < 1.29 is 18.3 Å².